The molecule has 0 spiro atoms. The van der Waals surface area contributed by atoms with Crippen molar-refractivity contribution in [3.05, 3.63) is 54.1 Å². The fraction of sp³-hybridized carbons (Fsp3) is 0.364. The minimum atomic E-state index is -0.595. The van der Waals surface area contributed by atoms with E-state index in [1.165, 1.54) is 0 Å². The van der Waals surface area contributed by atoms with Crippen molar-refractivity contribution in [1.29, 1.82) is 0 Å². The van der Waals surface area contributed by atoms with Crippen molar-refractivity contribution in [3.63, 3.8) is 0 Å². The Balaban J connectivity index is 1.33. The largest absolute Gasteiger partial charge is 0.485 e. The number of rotatable bonds is 3. The molecule has 1 atom stereocenters. The molecule has 1 saturated heterocycles. The first kappa shape index (κ1) is 19.5. The van der Waals surface area contributed by atoms with Crippen molar-refractivity contribution >= 4 is 28.8 Å². The van der Waals surface area contributed by atoms with Crippen LogP contribution in [0.25, 0.3) is 0 Å². The molecule has 2 aliphatic rings. The molecule has 0 aromatic heterocycles. The Bertz CT molecular complexity index is 892. The van der Waals surface area contributed by atoms with E-state index in [1.807, 2.05) is 43.3 Å². The number of thiocarbonyl (C=S) groups is 1. The number of carbonyl (C=O) groups is 1. The van der Waals surface area contributed by atoms with E-state index >= 15 is 0 Å². The Morgan fingerprint density at radius 1 is 0.966 bits per heavy atom. The van der Waals surface area contributed by atoms with E-state index in [4.69, 9.17) is 21.7 Å². The quantitative estimate of drug-likeness (QED) is 0.723. The van der Waals surface area contributed by atoms with Crippen molar-refractivity contribution in [3.8, 4) is 11.5 Å². The summed E-state index contributed by atoms with van der Waals surface area (Å²) in [6.45, 7) is 2.91. The van der Waals surface area contributed by atoms with Gasteiger partial charge in [0.25, 0.3) is 5.91 Å². The number of benzene rings is 2. The maximum atomic E-state index is 12.9. The second kappa shape index (κ2) is 8.29. The molecule has 2 aromatic carbocycles. The Morgan fingerprint density at radius 3 is 2.24 bits per heavy atom. The number of ether oxygens (including phenoxy) is 2. The van der Waals surface area contributed by atoms with E-state index in [9.17, 15) is 4.79 Å². The number of hydrogen-bond donors (Lipinski definition) is 0. The van der Waals surface area contributed by atoms with Gasteiger partial charge in [0.1, 0.15) is 11.6 Å². The molecule has 1 fully saturated rings. The maximum absolute atomic E-state index is 12.9. The third-order valence-corrected chi connectivity index (χ3v) is 5.79. The summed E-state index contributed by atoms with van der Waals surface area (Å²) in [6, 6.07) is 15.7. The Morgan fingerprint density at radius 2 is 1.59 bits per heavy atom. The fourth-order valence-corrected chi connectivity index (χ4v) is 3.88. The lowest BCUT2D eigenvalue weighted by molar-refractivity contribution is -0.142. The molecular weight excluding hydrogens is 386 g/mol. The topological polar surface area (TPSA) is 45.2 Å². The maximum Gasteiger partial charge on any atom is 0.267 e. The van der Waals surface area contributed by atoms with Crippen LogP contribution in [0.5, 0.6) is 11.5 Å². The van der Waals surface area contributed by atoms with Crippen LogP contribution in [0.2, 0.25) is 0 Å². The first-order valence-corrected chi connectivity index (χ1v) is 10.2. The highest BCUT2D eigenvalue weighted by Crippen LogP contribution is 2.31. The molecule has 1 amide bonds. The van der Waals surface area contributed by atoms with Crippen LogP contribution in [-0.4, -0.2) is 73.7 Å². The summed E-state index contributed by atoms with van der Waals surface area (Å²) in [6.07, 6.45) is -0.595. The molecule has 7 heteroatoms. The monoisotopic (exact) mass is 411 g/mol. The van der Waals surface area contributed by atoms with E-state index in [2.05, 4.69) is 34.1 Å². The zero-order valence-corrected chi connectivity index (χ0v) is 17.5. The van der Waals surface area contributed by atoms with Crippen molar-refractivity contribution in [2.75, 3.05) is 51.8 Å². The number of hydrogen-bond acceptors (Lipinski definition) is 5. The summed E-state index contributed by atoms with van der Waals surface area (Å²) >= 11 is 5.69. The van der Waals surface area contributed by atoms with Gasteiger partial charge in [0, 0.05) is 51.5 Å². The lowest BCUT2D eigenvalue weighted by Crippen LogP contribution is -2.55. The highest BCUT2D eigenvalue weighted by Gasteiger charge is 2.33. The number of anilines is 1. The van der Waals surface area contributed by atoms with Crippen molar-refractivity contribution in [2.24, 2.45) is 0 Å². The van der Waals surface area contributed by atoms with Gasteiger partial charge in [-0.15, -0.1) is 0 Å². The summed E-state index contributed by atoms with van der Waals surface area (Å²) < 4.78 is 11.5. The molecule has 0 bridgehead atoms. The summed E-state index contributed by atoms with van der Waals surface area (Å²) in [5.41, 5.74) is 2.18. The Labute approximate surface area is 176 Å². The van der Waals surface area contributed by atoms with Crippen LogP contribution in [0, 0.1) is 0 Å². The molecule has 1 unspecified atom stereocenters. The van der Waals surface area contributed by atoms with E-state index in [0.717, 1.165) is 16.2 Å². The van der Waals surface area contributed by atoms with Gasteiger partial charge in [0.15, 0.2) is 11.5 Å². The summed E-state index contributed by atoms with van der Waals surface area (Å²) in [4.78, 5) is 19.8. The van der Waals surface area contributed by atoms with Gasteiger partial charge in [-0.2, -0.15) is 0 Å². The molecule has 2 aromatic rings. The van der Waals surface area contributed by atoms with Crippen LogP contribution in [-0.2, 0) is 4.79 Å². The van der Waals surface area contributed by atoms with E-state index in [1.54, 1.807) is 0 Å². The van der Waals surface area contributed by atoms with Crippen molar-refractivity contribution in [1.82, 2.24) is 9.80 Å². The zero-order chi connectivity index (χ0) is 20.4. The second-order valence-electron chi connectivity index (χ2n) is 7.42. The van der Waals surface area contributed by atoms with Crippen LogP contribution in [0.15, 0.2) is 48.5 Å². The minimum Gasteiger partial charge on any atom is -0.485 e. The third-order valence-electron chi connectivity index (χ3n) is 5.29. The third kappa shape index (κ3) is 4.15. The van der Waals surface area contributed by atoms with Crippen LogP contribution >= 0.6 is 12.2 Å². The van der Waals surface area contributed by atoms with Gasteiger partial charge in [-0.3, -0.25) is 4.79 Å². The number of amides is 1. The van der Waals surface area contributed by atoms with E-state index in [0.29, 0.717) is 37.7 Å². The fourth-order valence-electron chi connectivity index (χ4n) is 3.56. The van der Waals surface area contributed by atoms with Gasteiger partial charge in [0.2, 0.25) is 6.10 Å². The average Bonchev–Trinajstić information content (AvgIpc) is 2.78. The van der Waals surface area contributed by atoms with Crippen molar-refractivity contribution in [2.45, 2.75) is 6.10 Å². The number of fused-ring (bicyclic) bond motifs is 1. The molecule has 0 aliphatic carbocycles. The second-order valence-corrected chi connectivity index (χ2v) is 7.81. The van der Waals surface area contributed by atoms with Gasteiger partial charge >= 0.3 is 0 Å². The van der Waals surface area contributed by atoms with Gasteiger partial charge in [-0.05, 0) is 36.4 Å². The smallest absolute Gasteiger partial charge is 0.267 e. The van der Waals surface area contributed by atoms with E-state index in [-0.39, 0.29) is 12.5 Å². The van der Waals surface area contributed by atoms with Crippen LogP contribution < -0.4 is 14.4 Å². The number of para-hydroxylation sites is 2. The number of piperazine rings is 1. The Hall–Kier alpha value is -2.80. The normalized spacial score (nSPS) is 18.3. The molecule has 0 radical (unpaired) electrons. The summed E-state index contributed by atoms with van der Waals surface area (Å²) in [5, 5.41) is 0. The van der Waals surface area contributed by atoms with Crippen LogP contribution in [0.3, 0.4) is 0 Å². The van der Waals surface area contributed by atoms with Gasteiger partial charge in [-0.1, -0.05) is 24.4 Å². The summed E-state index contributed by atoms with van der Waals surface area (Å²) in [5.74, 6) is 1.28. The van der Waals surface area contributed by atoms with Crippen LogP contribution in [0.4, 0.5) is 5.69 Å². The SMILES string of the molecule is CN(C)c1ccc(C(=S)N2CCN(C(=O)C3COc4ccccc4O3)CC2)cc1. The molecule has 4 rings (SSSR count). The number of carbonyl (C=O) groups excluding carboxylic acids is 1. The van der Waals surface area contributed by atoms with Gasteiger partial charge in [-0.25, -0.2) is 0 Å². The lowest BCUT2D eigenvalue weighted by Gasteiger charge is -2.38. The molecule has 0 N–H and O–H groups in total. The van der Waals surface area contributed by atoms with Crippen molar-refractivity contribution < 1.29 is 14.3 Å². The highest BCUT2D eigenvalue weighted by atomic mass is 32.1. The highest BCUT2D eigenvalue weighted by molar-refractivity contribution is 7.80. The molecule has 2 heterocycles. The predicted molar refractivity (Wildman–Crippen MR) is 117 cm³/mol. The standard InChI is InChI=1S/C22H25N3O3S/c1-23(2)17-9-7-16(8-10-17)22(29)25-13-11-24(12-14-25)21(26)20-15-27-18-5-3-4-6-19(18)28-20/h3-10,20H,11-15H2,1-2H3. The Kier molecular flexibility index (Phi) is 5.58. The summed E-state index contributed by atoms with van der Waals surface area (Å²) in [7, 11) is 4.03. The zero-order valence-electron chi connectivity index (χ0n) is 16.7. The molecular formula is C22H25N3O3S. The average molecular weight is 412 g/mol. The first-order valence-electron chi connectivity index (χ1n) is 9.77. The van der Waals surface area contributed by atoms with Gasteiger partial charge < -0.3 is 24.2 Å². The molecule has 6 nitrogen and oxygen atoms in total. The van der Waals surface area contributed by atoms with Gasteiger partial charge in [0.05, 0.1) is 0 Å². The molecule has 152 valence electrons. The molecule has 2 aliphatic heterocycles. The van der Waals surface area contributed by atoms with E-state index < -0.39 is 6.10 Å². The minimum absolute atomic E-state index is 0.0274. The molecule has 29 heavy (non-hydrogen) atoms. The number of nitrogens with zero attached hydrogens (tertiary/aromatic N) is 3. The first-order chi connectivity index (χ1) is 14.0. The van der Waals surface area contributed by atoms with Crippen LogP contribution in [0.1, 0.15) is 5.56 Å². The lowest BCUT2D eigenvalue weighted by atomic mass is 10.1. The predicted octanol–water partition coefficient (Wildman–Crippen LogP) is 2.41. The molecule has 0 saturated carbocycles.